The van der Waals surface area contributed by atoms with Crippen molar-refractivity contribution in [3.8, 4) is 17.1 Å². The van der Waals surface area contributed by atoms with Crippen LogP contribution >= 0.6 is 0 Å². The van der Waals surface area contributed by atoms with Crippen LogP contribution in [0.5, 0.6) is 5.75 Å². The fraction of sp³-hybridized carbons (Fsp3) is 0.286. The summed E-state index contributed by atoms with van der Waals surface area (Å²) in [6, 6.07) is 20.5. The number of ether oxygens (including phenoxy) is 1. The maximum absolute atomic E-state index is 5.52. The lowest BCUT2D eigenvalue weighted by molar-refractivity contribution is -0.914. The molecule has 0 spiro atoms. The Balaban J connectivity index is 1.35. The second-order valence-corrected chi connectivity index (χ2v) is 6.66. The van der Waals surface area contributed by atoms with Crippen LogP contribution < -0.4 is 14.5 Å². The van der Waals surface area contributed by atoms with Gasteiger partial charge in [0, 0.05) is 23.4 Å². The van der Waals surface area contributed by atoms with Crippen molar-refractivity contribution in [2.45, 2.75) is 6.54 Å². The third-order valence-electron chi connectivity index (χ3n) is 4.94. The molecule has 26 heavy (non-hydrogen) atoms. The fourth-order valence-corrected chi connectivity index (χ4v) is 3.45. The van der Waals surface area contributed by atoms with Gasteiger partial charge >= 0.3 is 0 Å². The number of benzene rings is 2. The van der Waals surface area contributed by atoms with Crippen molar-refractivity contribution in [1.29, 1.82) is 0 Å². The number of hydrogen-bond donors (Lipinski definition) is 1. The van der Waals surface area contributed by atoms with Crippen LogP contribution in [0, 0.1) is 0 Å². The molecule has 1 aliphatic heterocycles. The van der Waals surface area contributed by atoms with Crippen LogP contribution in [0.25, 0.3) is 11.3 Å². The third kappa shape index (κ3) is 3.73. The number of methoxy groups -OCH3 is 1. The van der Waals surface area contributed by atoms with Gasteiger partial charge in [0.2, 0.25) is 0 Å². The summed E-state index contributed by atoms with van der Waals surface area (Å²) in [5, 5.41) is 4.26. The van der Waals surface area contributed by atoms with Crippen molar-refractivity contribution in [1.82, 2.24) is 5.16 Å². The first-order valence-corrected chi connectivity index (χ1v) is 9.05. The number of quaternary nitrogens is 1. The summed E-state index contributed by atoms with van der Waals surface area (Å²) in [5.41, 5.74) is 3.33. The molecule has 1 saturated heterocycles. The molecular weight excluding hydrogens is 326 g/mol. The molecular formula is C21H24N3O2+. The molecule has 5 nitrogen and oxygen atoms in total. The van der Waals surface area contributed by atoms with E-state index in [9.17, 15) is 0 Å². The van der Waals surface area contributed by atoms with Gasteiger partial charge in [-0.1, -0.05) is 41.6 Å². The van der Waals surface area contributed by atoms with Crippen LogP contribution in [0.1, 0.15) is 5.69 Å². The smallest absolute Gasteiger partial charge is 0.167 e. The highest BCUT2D eigenvalue weighted by molar-refractivity contribution is 5.56. The van der Waals surface area contributed by atoms with E-state index < -0.39 is 0 Å². The Kier molecular flexibility index (Phi) is 4.88. The maximum atomic E-state index is 5.52. The summed E-state index contributed by atoms with van der Waals surface area (Å²) in [5.74, 6) is 1.75. The number of nitrogens with one attached hydrogen (secondary N) is 1. The van der Waals surface area contributed by atoms with E-state index in [1.807, 2.05) is 42.5 Å². The Hall–Kier alpha value is -2.79. The molecule has 134 valence electrons. The van der Waals surface area contributed by atoms with Gasteiger partial charge in [-0.2, -0.15) is 0 Å². The molecule has 0 aliphatic carbocycles. The zero-order chi connectivity index (χ0) is 17.8. The van der Waals surface area contributed by atoms with Gasteiger partial charge in [-0.15, -0.1) is 0 Å². The standard InChI is InChI=1S/C21H23N3O2/c1-25-20-9-5-8-19(15-20)24-12-10-23(11-13-24)16-18-14-21(26-22-18)17-6-3-2-4-7-17/h2-9,14-15H,10-13,16H2,1H3/p+1. The predicted octanol–water partition coefficient (Wildman–Crippen LogP) is 2.26. The predicted molar refractivity (Wildman–Crippen MR) is 102 cm³/mol. The van der Waals surface area contributed by atoms with Crippen molar-refractivity contribution in [2.75, 3.05) is 38.2 Å². The van der Waals surface area contributed by atoms with E-state index >= 15 is 0 Å². The van der Waals surface area contributed by atoms with Gasteiger partial charge < -0.3 is 19.1 Å². The maximum Gasteiger partial charge on any atom is 0.167 e. The second-order valence-electron chi connectivity index (χ2n) is 6.66. The molecule has 1 N–H and O–H groups in total. The quantitative estimate of drug-likeness (QED) is 0.767. The summed E-state index contributed by atoms with van der Waals surface area (Å²) in [7, 11) is 1.71. The zero-order valence-corrected chi connectivity index (χ0v) is 15.0. The van der Waals surface area contributed by atoms with Crippen molar-refractivity contribution < 1.29 is 14.2 Å². The Morgan fingerprint density at radius 1 is 1.04 bits per heavy atom. The van der Waals surface area contributed by atoms with Crippen LogP contribution in [-0.2, 0) is 6.54 Å². The Morgan fingerprint density at radius 2 is 1.85 bits per heavy atom. The molecule has 2 heterocycles. The molecule has 0 bridgehead atoms. The number of hydrogen-bond acceptors (Lipinski definition) is 4. The van der Waals surface area contributed by atoms with E-state index in [0.717, 1.165) is 55.5 Å². The largest absolute Gasteiger partial charge is 0.497 e. The normalized spacial score (nSPS) is 15.2. The van der Waals surface area contributed by atoms with Crippen LogP contribution in [0.15, 0.2) is 65.2 Å². The van der Waals surface area contributed by atoms with Crippen molar-refractivity contribution >= 4 is 5.69 Å². The van der Waals surface area contributed by atoms with Gasteiger partial charge in [0.1, 0.15) is 18.0 Å². The average Bonchev–Trinajstić information content (AvgIpc) is 3.18. The number of rotatable bonds is 5. The minimum absolute atomic E-state index is 0.843. The molecule has 1 aliphatic rings. The lowest BCUT2D eigenvalue weighted by Crippen LogP contribution is -3.13. The van der Waals surface area contributed by atoms with Gasteiger partial charge in [-0.25, -0.2) is 0 Å². The third-order valence-corrected chi connectivity index (χ3v) is 4.94. The van der Waals surface area contributed by atoms with E-state index in [0.29, 0.717) is 0 Å². The van der Waals surface area contributed by atoms with Gasteiger partial charge in [0.15, 0.2) is 5.76 Å². The summed E-state index contributed by atoms with van der Waals surface area (Å²) < 4.78 is 10.9. The number of nitrogens with zero attached hydrogens (tertiary/aromatic N) is 2. The molecule has 0 atom stereocenters. The summed E-state index contributed by atoms with van der Waals surface area (Å²) >= 11 is 0. The van der Waals surface area contributed by atoms with E-state index in [1.54, 1.807) is 7.11 Å². The molecule has 0 unspecified atom stereocenters. The van der Waals surface area contributed by atoms with E-state index in [2.05, 4.69) is 28.3 Å². The van der Waals surface area contributed by atoms with Crippen molar-refractivity contribution in [2.24, 2.45) is 0 Å². The Bertz CT molecular complexity index is 839. The summed E-state index contributed by atoms with van der Waals surface area (Å²) in [6.07, 6.45) is 0. The van der Waals surface area contributed by atoms with Crippen molar-refractivity contribution in [3.05, 3.63) is 66.4 Å². The fourth-order valence-electron chi connectivity index (χ4n) is 3.45. The molecule has 0 saturated carbocycles. The van der Waals surface area contributed by atoms with Crippen LogP contribution in [0.3, 0.4) is 0 Å². The van der Waals surface area contributed by atoms with Crippen molar-refractivity contribution in [3.63, 3.8) is 0 Å². The number of anilines is 1. The molecule has 1 aromatic heterocycles. The first-order valence-electron chi connectivity index (χ1n) is 9.05. The Labute approximate surface area is 153 Å². The highest BCUT2D eigenvalue weighted by atomic mass is 16.5. The van der Waals surface area contributed by atoms with E-state index in [-0.39, 0.29) is 0 Å². The highest BCUT2D eigenvalue weighted by Crippen LogP contribution is 2.21. The minimum atomic E-state index is 0.843. The summed E-state index contributed by atoms with van der Waals surface area (Å²) in [6.45, 7) is 5.15. The molecule has 2 aromatic carbocycles. The molecule has 3 aromatic rings. The topological polar surface area (TPSA) is 42.9 Å². The average molecular weight is 350 g/mol. The SMILES string of the molecule is COc1cccc(N2CC[NH+](Cc3cc(-c4ccccc4)on3)CC2)c1. The number of piperazine rings is 1. The van der Waals surface area contributed by atoms with Gasteiger partial charge in [-0.05, 0) is 12.1 Å². The molecule has 5 heteroatoms. The lowest BCUT2D eigenvalue weighted by atomic mass is 10.1. The first kappa shape index (κ1) is 16.7. The highest BCUT2D eigenvalue weighted by Gasteiger charge is 2.22. The second kappa shape index (κ2) is 7.62. The number of aromatic nitrogens is 1. The van der Waals surface area contributed by atoms with Gasteiger partial charge in [0.05, 0.1) is 33.3 Å². The van der Waals surface area contributed by atoms with Crippen LogP contribution in [0.2, 0.25) is 0 Å². The monoisotopic (exact) mass is 350 g/mol. The van der Waals surface area contributed by atoms with Crippen LogP contribution in [-0.4, -0.2) is 38.4 Å². The Morgan fingerprint density at radius 3 is 2.62 bits per heavy atom. The minimum Gasteiger partial charge on any atom is -0.497 e. The van der Waals surface area contributed by atoms with Gasteiger partial charge in [-0.3, -0.25) is 0 Å². The molecule has 0 amide bonds. The van der Waals surface area contributed by atoms with E-state index in [4.69, 9.17) is 9.26 Å². The summed E-state index contributed by atoms with van der Waals surface area (Å²) in [4.78, 5) is 3.96. The molecule has 0 radical (unpaired) electrons. The molecule has 1 fully saturated rings. The van der Waals surface area contributed by atoms with Gasteiger partial charge in [0.25, 0.3) is 0 Å². The first-order chi connectivity index (χ1) is 12.8. The van der Waals surface area contributed by atoms with E-state index in [1.165, 1.54) is 10.6 Å². The molecule has 4 rings (SSSR count). The zero-order valence-electron chi connectivity index (χ0n) is 15.0. The lowest BCUT2D eigenvalue weighted by Gasteiger charge is -2.33. The van der Waals surface area contributed by atoms with Crippen LogP contribution in [0.4, 0.5) is 5.69 Å².